The molecule has 0 bridgehead atoms. The van der Waals surface area contributed by atoms with Gasteiger partial charge in [0.05, 0.1) is 0 Å². The van der Waals surface area contributed by atoms with Crippen molar-refractivity contribution in [3.8, 4) is 0 Å². The normalized spacial score (nSPS) is 34.1. The van der Waals surface area contributed by atoms with Crippen LogP contribution in [0.25, 0.3) is 0 Å². The molecule has 1 saturated heterocycles. The largest absolute Gasteiger partial charge is 0.330 e. The van der Waals surface area contributed by atoms with Crippen molar-refractivity contribution in [3.63, 3.8) is 0 Å². The molecule has 0 aliphatic carbocycles. The Morgan fingerprint density at radius 3 is 2.91 bits per heavy atom. The van der Waals surface area contributed by atoms with Gasteiger partial charge in [0.15, 0.2) is 0 Å². The van der Waals surface area contributed by atoms with Crippen LogP contribution in [0.3, 0.4) is 0 Å². The van der Waals surface area contributed by atoms with Gasteiger partial charge in [-0.05, 0) is 38.9 Å². The highest BCUT2D eigenvalue weighted by atomic mass is 19.1. The molecule has 0 aromatic rings. The maximum atomic E-state index is 13.2. The summed E-state index contributed by atoms with van der Waals surface area (Å²) in [5.41, 5.74) is 5.38. The van der Waals surface area contributed by atoms with Crippen molar-refractivity contribution in [2.75, 3.05) is 26.7 Å². The third-order valence-corrected chi connectivity index (χ3v) is 2.42. The predicted octanol–water partition coefficient (Wildman–Crippen LogP) is 0.625. The van der Waals surface area contributed by atoms with Gasteiger partial charge in [-0.1, -0.05) is 0 Å². The molecule has 66 valence electrons. The second-order valence-corrected chi connectivity index (χ2v) is 3.40. The van der Waals surface area contributed by atoms with Crippen molar-refractivity contribution in [2.24, 2.45) is 11.7 Å². The van der Waals surface area contributed by atoms with E-state index >= 15 is 0 Å². The second-order valence-electron chi connectivity index (χ2n) is 3.40. The summed E-state index contributed by atoms with van der Waals surface area (Å²) in [4.78, 5) is 2.04. The van der Waals surface area contributed by atoms with E-state index < -0.39 is 6.17 Å². The molecule has 0 saturated carbocycles. The first-order valence-corrected chi connectivity index (χ1v) is 4.26. The summed E-state index contributed by atoms with van der Waals surface area (Å²) in [6, 6.07) is 0. The topological polar surface area (TPSA) is 29.3 Å². The molecule has 0 aromatic carbocycles. The molecule has 0 amide bonds. The zero-order valence-electron chi connectivity index (χ0n) is 7.09. The summed E-state index contributed by atoms with van der Waals surface area (Å²) in [5.74, 6) is 0.219. The monoisotopic (exact) mass is 160 g/mol. The number of rotatable bonds is 2. The minimum atomic E-state index is -0.655. The van der Waals surface area contributed by atoms with Gasteiger partial charge in [-0.25, -0.2) is 4.39 Å². The average Bonchev–Trinajstić information content (AvgIpc) is 1.95. The number of hydrogen-bond acceptors (Lipinski definition) is 2. The molecule has 2 N–H and O–H groups in total. The Balaban J connectivity index is 2.31. The molecule has 2 atom stereocenters. The zero-order chi connectivity index (χ0) is 8.27. The van der Waals surface area contributed by atoms with Crippen LogP contribution in [0.2, 0.25) is 0 Å². The first-order chi connectivity index (χ1) is 5.24. The molecule has 11 heavy (non-hydrogen) atoms. The van der Waals surface area contributed by atoms with E-state index in [1.54, 1.807) is 0 Å². The van der Waals surface area contributed by atoms with Crippen LogP contribution in [0.1, 0.15) is 12.8 Å². The van der Waals surface area contributed by atoms with E-state index in [1.807, 2.05) is 11.9 Å². The van der Waals surface area contributed by atoms with Crippen molar-refractivity contribution in [1.29, 1.82) is 0 Å². The lowest BCUT2D eigenvalue weighted by Crippen LogP contribution is -2.40. The molecule has 0 radical (unpaired) electrons. The minimum Gasteiger partial charge on any atom is -0.330 e. The lowest BCUT2D eigenvalue weighted by atomic mass is 9.92. The minimum absolute atomic E-state index is 0.219. The fraction of sp³-hybridized carbons (Fsp3) is 1.00. The third-order valence-electron chi connectivity index (χ3n) is 2.42. The highest BCUT2D eigenvalue weighted by molar-refractivity contribution is 4.78. The molecule has 1 aliphatic heterocycles. The Morgan fingerprint density at radius 1 is 1.64 bits per heavy atom. The summed E-state index contributed by atoms with van der Waals surface area (Å²) < 4.78 is 13.2. The van der Waals surface area contributed by atoms with Crippen LogP contribution in [0.4, 0.5) is 4.39 Å². The molecule has 1 heterocycles. The van der Waals surface area contributed by atoms with Crippen molar-refractivity contribution in [1.82, 2.24) is 4.90 Å². The summed E-state index contributed by atoms with van der Waals surface area (Å²) in [7, 11) is 1.96. The molecule has 1 aliphatic rings. The predicted molar refractivity (Wildman–Crippen MR) is 44.2 cm³/mol. The van der Waals surface area contributed by atoms with Crippen molar-refractivity contribution in [3.05, 3.63) is 0 Å². The van der Waals surface area contributed by atoms with Crippen LogP contribution in [0.15, 0.2) is 0 Å². The van der Waals surface area contributed by atoms with E-state index in [0.717, 1.165) is 19.4 Å². The maximum absolute atomic E-state index is 13.2. The molecule has 0 spiro atoms. The number of halogens is 1. The van der Waals surface area contributed by atoms with Crippen molar-refractivity contribution < 1.29 is 4.39 Å². The molecule has 3 heteroatoms. The van der Waals surface area contributed by atoms with E-state index in [9.17, 15) is 4.39 Å². The Labute approximate surface area is 67.6 Å². The molecule has 1 rings (SSSR count). The van der Waals surface area contributed by atoms with Crippen LogP contribution in [0, 0.1) is 5.92 Å². The van der Waals surface area contributed by atoms with E-state index in [4.69, 9.17) is 5.73 Å². The van der Waals surface area contributed by atoms with Gasteiger partial charge in [-0.3, -0.25) is 0 Å². The van der Waals surface area contributed by atoms with E-state index in [1.165, 1.54) is 0 Å². The van der Waals surface area contributed by atoms with Gasteiger partial charge >= 0.3 is 0 Å². The number of nitrogens with zero attached hydrogens (tertiary/aromatic N) is 1. The van der Waals surface area contributed by atoms with E-state index in [-0.39, 0.29) is 5.92 Å². The fourth-order valence-corrected chi connectivity index (χ4v) is 1.64. The Hall–Kier alpha value is -0.150. The molecule has 0 aromatic heterocycles. The third kappa shape index (κ3) is 2.42. The number of nitrogens with two attached hydrogens (primary N) is 1. The highest BCUT2D eigenvalue weighted by Gasteiger charge is 2.26. The fourth-order valence-electron chi connectivity index (χ4n) is 1.64. The molecule has 2 unspecified atom stereocenters. The Bertz CT molecular complexity index is 119. The van der Waals surface area contributed by atoms with Gasteiger partial charge in [-0.2, -0.15) is 0 Å². The van der Waals surface area contributed by atoms with Gasteiger partial charge in [0.2, 0.25) is 0 Å². The zero-order valence-corrected chi connectivity index (χ0v) is 7.09. The first-order valence-electron chi connectivity index (χ1n) is 4.26. The van der Waals surface area contributed by atoms with E-state index in [0.29, 0.717) is 13.1 Å². The van der Waals surface area contributed by atoms with Crippen LogP contribution in [-0.2, 0) is 0 Å². The molecular formula is C8H17FN2. The SMILES string of the molecule is CN1CCC(CCN)C(F)C1. The quantitative estimate of drug-likeness (QED) is 0.642. The number of piperidine rings is 1. The van der Waals surface area contributed by atoms with Crippen molar-refractivity contribution in [2.45, 2.75) is 19.0 Å². The van der Waals surface area contributed by atoms with Crippen LogP contribution in [0.5, 0.6) is 0 Å². The summed E-state index contributed by atoms with van der Waals surface area (Å²) in [6.45, 7) is 2.23. The standard InChI is InChI=1S/C8H17FN2/c1-11-5-3-7(2-4-10)8(9)6-11/h7-8H,2-6,10H2,1H3. The van der Waals surface area contributed by atoms with E-state index in [2.05, 4.69) is 0 Å². The maximum Gasteiger partial charge on any atom is 0.116 e. The van der Waals surface area contributed by atoms with Crippen LogP contribution in [-0.4, -0.2) is 37.8 Å². The van der Waals surface area contributed by atoms with Crippen LogP contribution < -0.4 is 5.73 Å². The molecular weight excluding hydrogens is 143 g/mol. The average molecular weight is 160 g/mol. The lowest BCUT2D eigenvalue weighted by molar-refractivity contribution is 0.0985. The smallest absolute Gasteiger partial charge is 0.116 e. The van der Waals surface area contributed by atoms with Gasteiger partial charge in [0.25, 0.3) is 0 Å². The first kappa shape index (κ1) is 8.94. The van der Waals surface area contributed by atoms with Crippen LogP contribution >= 0.6 is 0 Å². The van der Waals surface area contributed by atoms with Crippen molar-refractivity contribution >= 4 is 0 Å². The molecule has 2 nitrogen and oxygen atoms in total. The summed E-state index contributed by atoms with van der Waals surface area (Å²) in [5, 5.41) is 0. The number of alkyl halides is 1. The number of hydrogen-bond donors (Lipinski definition) is 1. The van der Waals surface area contributed by atoms with Gasteiger partial charge in [-0.15, -0.1) is 0 Å². The highest BCUT2D eigenvalue weighted by Crippen LogP contribution is 2.21. The molecule has 1 fully saturated rings. The van der Waals surface area contributed by atoms with Gasteiger partial charge < -0.3 is 10.6 Å². The summed E-state index contributed by atoms with van der Waals surface area (Å²) in [6.07, 6.45) is 1.15. The summed E-state index contributed by atoms with van der Waals surface area (Å²) >= 11 is 0. The second kappa shape index (κ2) is 4.02. The van der Waals surface area contributed by atoms with Gasteiger partial charge in [0.1, 0.15) is 6.17 Å². The van der Waals surface area contributed by atoms with Gasteiger partial charge in [0, 0.05) is 6.54 Å². The lowest BCUT2D eigenvalue weighted by Gasteiger charge is -2.31. The Kier molecular flexibility index (Phi) is 3.27. The number of likely N-dealkylation sites (tertiary alicyclic amines) is 1. The Morgan fingerprint density at radius 2 is 2.36 bits per heavy atom.